The Kier molecular flexibility index (Phi) is 18.3. The lowest BCUT2D eigenvalue weighted by molar-refractivity contribution is -0.130. The van der Waals surface area contributed by atoms with Crippen LogP contribution < -0.4 is 11.1 Å². The van der Waals surface area contributed by atoms with Crippen LogP contribution >= 0.6 is 12.4 Å². The van der Waals surface area contributed by atoms with Gasteiger partial charge in [-0.3, -0.25) is 9.59 Å². The molecular formula is C21H45ClN4O8. The Balaban J connectivity index is -0.000000562. The maximum atomic E-state index is 11.8. The largest absolute Gasteiger partial charge is 0.444 e. The molecule has 2 aliphatic rings. The fourth-order valence-corrected chi connectivity index (χ4v) is 3.18. The summed E-state index contributed by atoms with van der Waals surface area (Å²) in [6, 6.07) is 0. The molecule has 2 saturated heterocycles. The van der Waals surface area contributed by atoms with Crippen molar-refractivity contribution in [3.8, 4) is 0 Å². The molecule has 0 spiro atoms. The van der Waals surface area contributed by atoms with Crippen LogP contribution in [0.5, 0.6) is 0 Å². The first-order valence-corrected chi connectivity index (χ1v) is 10.2. The van der Waals surface area contributed by atoms with Crippen molar-refractivity contribution in [1.29, 1.82) is 0 Å². The van der Waals surface area contributed by atoms with Gasteiger partial charge in [0, 0.05) is 38.0 Å². The van der Waals surface area contributed by atoms with Crippen LogP contribution in [0.1, 0.15) is 35.6 Å². The maximum absolute atomic E-state index is 11.8. The summed E-state index contributed by atoms with van der Waals surface area (Å²) in [7, 11) is 0. The lowest BCUT2D eigenvalue weighted by Crippen LogP contribution is -2.41. The van der Waals surface area contributed by atoms with Crippen LogP contribution in [0.2, 0.25) is 0 Å². The molecule has 3 amide bonds. The van der Waals surface area contributed by atoms with Crippen molar-refractivity contribution in [2.24, 2.45) is 17.6 Å². The highest BCUT2D eigenvalue weighted by Crippen LogP contribution is 2.17. The Labute approximate surface area is 208 Å². The number of nitrogens with two attached hydrogens (primary N) is 1. The zero-order chi connectivity index (χ0) is 23.8. The quantitative estimate of drug-likeness (QED) is 0.260. The van der Waals surface area contributed by atoms with Crippen molar-refractivity contribution >= 4 is 30.3 Å². The van der Waals surface area contributed by atoms with E-state index in [0.29, 0.717) is 19.6 Å². The number of amides is 3. The van der Waals surface area contributed by atoms with Gasteiger partial charge >= 0.3 is 6.09 Å². The van der Waals surface area contributed by atoms with Crippen molar-refractivity contribution in [1.82, 2.24) is 15.1 Å². The Hall–Kier alpha value is -1.70. The monoisotopic (exact) mass is 516 g/mol. The van der Waals surface area contributed by atoms with Crippen LogP contribution in [0.3, 0.4) is 0 Å². The van der Waals surface area contributed by atoms with Gasteiger partial charge in [0.25, 0.3) is 0 Å². The minimum absolute atomic E-state index is 0. The minimum Gasteiger partial charge on any atom is -0.444 e. The third-order valence-corrected chi connectivity index (χ3v) is 4.94. The Morgan fingerprint density at radius 1 is 0.912 bits per heavy atom. The summed E-state index contributed by atoms with van der Waals surface area (Å²) in [6.07, 6.45) is -1.97. The molecule has 0 saturated carbocycles. The first-order valence-electron chi connectivity index (χ1n) is 10.2. The van der Waals surface area contributed by atoms with E-state index in [4.69, 9.17) is 20.7 Å². The summed E-state index contributed by atoms with van der Waals surface area (Å²) >= 11 is 0. The van der Waals surface area contributed by atoms with E-state index in [0.717, 1.165) is 0 Å². The number of β-amino-alcohol motifs (C(OH)–C–C–N with tert-alkyl or cyclic N) is 2. The number of ether oxygens (including phenoxy) is 1. The van der Waals surface area contributed by atoms with Gasteiger partial charge in [0.1, 0.15) is 12.1 Å². The van der Waals surface area contributed by atoms with E-state index in [2.05, 4.69) is 5.32 Å². The SMILES string of the molecule is C.C.CC(C)(C)OC(=O)NCC(=O)N1C[C@@H](CO)[C@@H](O)C1.Cl.NCC(=O)N1C[C@@H](CO)[C@@H](O)C1. The first-order chi connectivity index (χ1) is 14.4. The molecule has 7 N–H and O–H groups in total. The van der Waals surface area contributed by atoms with Crippen LogP contribution in [0.15, 0.2) is 0 Å². The molecule has 13 heteroatoms. The number of aliphatic hydroxyl groups is 4. The maximum Gasteiger partial charge on any atom is 0.408 e. The molecule has 2 rings (SSSR count). The Morgan fingerprint density at radius 2 is 1.32 bits per heavy atom. The van der Waals surface area contributed by atoms with Gasteiger partial charge in [-0.05, 0) is 20.8 Å². The summed E-state index contributed by atoms with van der Waals surface area (Å²) in [5, 5.41) is 39.0. The van der Waals surface area contributed by atoms with Crippen molar-refractivity contribution in [3.63, 3.8) is 0 Å². The highest BCUT2D eigenvalue weighted by atomic mass is 35.5. The number of rotatable bonds is 5. The van der Waals surface area contributed by atoms with E-state index in [-0.39, 0.29) is 83.8 Å². The number of hydrogen-bond acceptors (Lipinski definition) is 9. The average Bonchev–Trinajstić information content (AvgIpc) is 3.26. The van der Waals surface area contributed by atoms with Crippen molar-refractivity contribution in [2.75, 3.05) is 52.5 Å². The van der Waals surface area contributed by atoms with Crippen molar-refractivity contribution < 1.29 is 39.5 Å². The molecule has 0 aliphatic carbocycles. The van der Waals surface area contributed by atoms with Gasteiger partial charge in [-0.1, -0.05) is 14.9 Å². The van der Waals surface area contributed by atoms with Crippen LogP contribution in [0, 0.1) is 11.8 Å². The zero-order valence-corrected chi connectivity index (χ0v) is 19.6. The standard InChI is InChI=1S/C12H22N2O5.C7H14N2O3.2CH4.ClH/c1-12(2,3)19-11(18)13-4-10(17)14-5-8(7-15)9(16)6-14;8-1-7(12)9-2-5(4-10)6(11)3-9;;;/h8-9,15-16H,4-7H2,1-3H3,(H,13,18);5-6,10-11H,1-4,8H2;2*1H4;1H/t8-,9-;5-,6-;;;/m00.../s1. The number of alkyl carbamates (subject to hydrolysis) is 1. The van der Waals surface area contributed by atoms with Gasteiger partial charge in [0.2, 0.25) is 11.8 Å². The van der Waals surface area contributed by atoms with Crippen LogP contribution in [0.4, 0.5) is 4.79 Å². The van der Waals surface area contributed by atoms with E-state index in [1.54, 1.807) is 20.8 Å². The number of aliphatic hydroxyl groups excluding tert-OH is 4. The smallest absolute Gasteiger partial charge is 0.408 e. The molecule has 0 aromatic heterocycles. The summed E-state index contributed by atoms with van der Waals surface area (Å²) < 4.78 is 5.00. The molecular weight excluding hydrogens is 472 g/mol. The van der Waals surface area contributed by atoms with E-state index in [1.165, 1.54) is 9.80 Å². The second kappa shape index (κ2) is 16.8. The lowest BCUT2D eigenvalue weighted by atomic mass is 10.1. The van der Waals surface area contributed by atoms with Crippen LogP contribution in [-0.2, 0) is 14.3 Å². The molecule has 34 heavy (non-hydrogen) atoms. The number of nitrogens with zero attached hydrogens (tertiary/aromatic N) is 2. The van der Waals surface area contributed by atoms with Gasteiger partial charge in [-0.2, -0.15) is 0 Å². The van der Waals surface area contributed by atoms with Gasteiger partial charge in [0.15, 0.2) is 0 Å². The topological polar surface area (TPSA) is 186 Å². The van der Waals surface area contributed by atoms with E-state index < -0.39 is 23.9 Å². The van der Waals surface area contributed by atoms with Crippen molar-refractivity contribution in [3.05, 3.63) is 0 Å². The summed E-state index contributed by atoms with van der Waals surface area (Å²) in [5.74, 6) is -1.00. The minimum atomic E-state index is -0.713. The highest BCUT2D eigenvalue weighted by Gasteiger charge is 2.34. The predicted molar refractivity (Wildman–Crippen MR) is 130 cm³/mol. The molecule has 0 aromatic carbocycles. The molecule has 0 aromatic rings. The molecule has 0 radical (unpaired) electrons. The van der Waals surface area contributed by atoms with E-state index >= 15 is 0 Å². The van der Waals surface area contributed by atoms with Gasteiger partial charge in [-0.25, -0.2) is 4.79 Å². The predicted octanol–water partition coefficient (Wildman–Crippen LogP) is -1.23. The zero-order valence-electron chi connectivity index (χ0n) is 18.8. The average molecular weight is 517 g/mol. The number of carbonyl (C=O) groups is 3. The third kappa shape index (κ3) is 12.1. The number of nitrogens with one attached hydrogen (secondary N) is 1. The summed E-state index contributed by atoms with van der Waals surface area (Å²) in [4.78, 5) is 37.1. The van der Waals surface area contributed by atoms with Crippen LogP contribution in [-0.4, -0.2) is 118 Å². The first kappa shape index (κ1) is 36.9. The number of carbonyl (C=O) groups excluding carboxylic acids is 3. The van der Waals surface area contributed by atoms with Gasteiger partial charge in [0.05, 0.1) is 32.0 Å². The molecule has 0 unspecified atom stereocenters. The molecule has 0 bridgehead atoms. The van der Waals surface area contributed by atoms with Gasteiger partial charge in [-0.15, -0.1) is 12.4 Å². The van der Waals surface area contributed by atoms with Gasteiger partial charge < -0.3 is 46.0 Å². The number of hydrogen-bond donors (Lipinski definition) is 6. The Bertz CT molecular complexity index is 620. The second-order valence-corrected chi connectivity index (χ2v) is 8.68. The molecule has 204 valence electrons. The number of likely N-dealkylation sites (tertiary alicyclic amines) is 2. The summed E-state index contributed by atoms with van der Waals surface area (Å²) in [5.41, 5.74) is 4.54. The van der Waals surface area contributed by atoms with E-state index in [1.807, 2.05) is 0 Å². The fourth-order valence-electron chi connectivity index (χ4n) is 3.18. The summed E-state index contributed by atoms with van der Waals surface area (Å²) in [6.45, 7) is 5.91. The molecule has 2 fully saturated rings. The molecule has 2 aliphatic heterocycles. The normalized spacial score (nSPS) is 23.4. The third-order valence-electron chi connectivity index (χ3n) is 4.94. The molecule has 12 nitrogen and oxygen atoms in total. The van der Waals surface area contributed by atoms with Crippen molar-refractivity contribution in [2.45, 2.75) is 53.4 Å². The molecule has 2 heterocycles. The van der Waals surface area contributed by atoms with Crippen LogP contribution in [0.25, 0.3) is 0 Å². The fraction of sp³-hybridized carbons (Fsp3) is 0.857. The highest BCUT2D eigenvalue weighted by molar-refractivity contribution is 5.85. The number of halogens is 1. The second-order valence-electron chi connectivity index (χ2n) is 8.68. The lowest BCUT2D eigenvalue weighted by Gasteiger charge is -2.20. The Morgan fingerprint density at radius 3 is 1.65 bits per heavy atom. The molecule has 4 atom stereocenters. The van der Waals surface area contributed by atoms with E-state index in [9.17, 15) is 24.6 Å².